The molecule has 0 saturated carbocycles. The van der Waals surface area contributed by atoms with Crippen LogP contribution >= 0.6 is 0 Å². The molecule has 1 saturated heterocycles. The van der Waals surface area contributed by atoms with Crippen molar-refractivity contribution in [1.29, 1.82) is 0 Å². The molecule has 5 heteroatoms. The number of para-hydroxylation sites is 1. The van der Waals surface area contributed by atoms with Crippen molar-refractivity contribution in [2.45, 2.75) is 26.3 Å². The molecule has 1 aromatic heterocycles. The number of benzene rings is 1. The molecule has 2 heterocycles. The van der Waals surface area contributed by atoms with Crippen molar-refractivity contribution < 1.29 is 9.90 Å². The number of carbonyl (C=O) groups is 1. The lowest BCUT2D eigenvalue weighted by Gasteiger charge is -2.29. The molecule has 1 aliphatic rings. The number of nitrogens with zero attached hydrogens (tertiary/aromatic N) is 1. The Bertz CT molecular complexity index is 758. The first kappa shape index (κ1) is 14.8. The van der Waals surface area contributed by atoms with Gasteiger partial charge < -0.3 is 10.1 Å². The largest absolute Gasteiger partial charge is 0.481 e. The van der Waals surface area contributed by atoms with E-state index in [9.17, 15) is 9.59 Å². The van der Waals surface area contributed by atoms with Crippen molar-refractivity contribution in [2.75, 3.05) is 13.1 Å². The first-order chi connectivity index (χ1) is 10.5. The van der Waals surface area contributed by atoms with E-state index >= 15 is 0 Å². The van der Waals surface area contributed by atoms with E-state index < -0.39 is 5.97 Å². The third-order valence-electron chi connectivity index (χ3n) is 4.46. The maximum atomic E-state index is 12.2. The molecule has 0 atom stereocenters. The Morgan fingerprint density at radius 1 is 1.36 bits per heavy atom. The van der Waals surface area contributed by atoms with Crippen LogP contribution in [-0.4, -0.2) is 34.0 Å². The number of H-pyrrole nitrogens is 1. The fraction of sp³-hybridized carbons (Fsp3) is 0.412. The Morgan fingerprint density at radius 2 is 2.09 bits per heavy atom. The molecule has 1 aromatic carbocycles. The van der Waals surface area contributed by atoms with E-state index in [0.29, 0.717) is 24.8 Å². The third kappa shape index (κ3) is 2.90. The van der Waals surface area contributed by atoms with Crippen LogP contribution in [0.1, 0.15) is 24.1 Å². The standard InChI is InChI=1S/C17H20N2O3/c1-11-3-2-4-14-15(20)9-13(18-16(11)14)10-19-7-5-12(6-8-19)17(21)22/h2-4,9,12H,5-8,10H2,1H3,(H,18,20)(H,21,22). The van der Waals surface area contributed by atoms with Gasteiger partial charge in [-0.1, -0.05) is 12.1 Å². The minimum Gasteiger partial charge on any atom is -0.481 e. The molecular formula is C17H20N2O3. The summed E-state index contributed by atoms with van der Waals surface area (Å²) >= 11 is 0. The Labute approximate surface area is 128 Å². The number of hydrogen-bond donors (Lipinski definition) is 2. The molecule has 0 unspecified atom stereocenters. The fourth-order valence-corrected chi connectivity index (χ4v) is 3.14. The minimum absolute atomic E-state index is 0.0351. The zero-order valence-corrected chi connectivity index (χ0v) is 12.6. The molecule has 2 aromatic rings. The number of aliphatic carboxylic acids is 1. The fourth-order valence-electron chi connectivity index (χ4n) is 3.14. The normalized spacial score (nSPS) is 17.0. The summed E-state index contributed by atoms with van der Waals surface area (Å²) in [5.41, 5.74) is 2.87. The number of fused-ring (bicyclic) bond motifs is 1. The summed E-state index contributed by atoms with van der Waals surface area (Å²) in [6, 6.07) is 7.37. The van der Waals surface area contributed by atoms with Crippen molar-refractivity contribution in [2.24, 2.45) is 5.92 Å². The molecule has 0 radical (unpaired) electrons. The Morgan fingerprint density at radius 3 is 2.77 bits per heavy atom. The molecule has 0 amide bonds. The number of aromatic nitrogens is 1. The molecule has 0 bridgehead atoms. The molecule has 0 aliphatic carbocycles. The summed E-state index contributed by atoms with van der Waals surface area (Å²) in [5, 5.41) is 9.75. The van der Waals surface area contributed by atoms with E-state index in [2.05, 4.69) is 9.88 Å². The molecule has 5 nitrogen and oxygen atoms in total. The highest BCUT2D eigenvalue weighted by Gasteiger charge is 2.24. The van der Waals surface area contributed by atoms with Crippen LogP contribution in [-0.2, 0) is 11.3 Å². The van der Waals surface area contributed by atoms with E-state index in [-0.39, 0.29) is 11.3 Å². The van der Waals surface area contributed by atoms with Crippen LogP contribution in [0.15, 0.2) is 29.1 Å². The molecule has 1 aliphatic heterocycles. The summed E-state index contributed by atoms with van der Waals surface area (Å²) in [7, 11) is 0. The van der Waals surface area contributed by atoms with E-state index in [4.69, 9.17) is 5.11 Å². The maximum Gasteiger partial charge on any atom is 0.306 e. The van der Waals surface area contributed by atoms with Crippen LogP contribution in [0.2, 0.25) is 0 Å². The highest BCUT2D eigenvalue weighted by atomic mass is 16.4. The number of piperidine rings is 1. The third-order valence-corrected chi connectivity index (χ3v) is 4.46. The van der Waals surface area contributed by atoms with Crippen LogP contribution in [0.5, 0.6) is 0 Å². The molecule has 2 N–H and O–H groups in total. The van der Waals surface area contributed by atoms with Gasteiger partial charge in [0.1, 0.15) is 0 Å². The molecular weight excluding hydrogens is 280 g/mol. The van der Waals surface area contributed by atoms with Crippen LogP contribution in [0.4, 0.5) is 0 Å². The minimum atomic E-state index is -0.700. The van der Waals surface area contributed by atoms with Gasteiger partial charge in [0, 0.05) is 23.7 Å². The van der Waals surface area contributed by atoms with E-state index in [1.54, 1.807) is 6.07 Å². The van der Waals surface area contributed by atoms with Crippen LogP contribution in [0.3, 0.4) is 0 Å². The molecule has 22 heavy (non-hydrogen) atoms. The van der Waals surface area contributed by atoms with E-state index in [0.717, 1.165) is 29.9 Å². The van der Waals surface area contributed by atoms with Gasteiger partial charge in [-0.25, -0.2) is 0 Å². The monoisotopic (exact) mass is 300 g/mol. The zero-order valence-electron chi connectivity index (χ0n) is 12.6. The van der Waals surface area contributed by atoms with Gasteiger partial charge in [-0.15, -0.1) is 0 Å². The summed E-state index contributed by atoms with van der Waals surface area (Å²) < 4.78 is 0. The average Bonchev–Trinajstić information content (AvgIpc) is 2.49. The van der Waals surface area contributed by atoms with Gasteiger partial charge in [0.05, 0.1) is 11.4 Å². The molecule has 1 fully saturated rings. The smallest absolute Gasteiger partial charge is 0.306 e. The second-order valence-electron chi connectivity index (χ2n) is 6.04. The first-order valence-corrected chi connectivity index (χ1v) is 7.61. The molecule has 116 valence electrons. The van der Waals surface area contributed by atoms with E-state index in [1.165, 1.54) is 0 Å². The van der Waals surface area contributed by atoms with Gasteiger partial charge >= 0.3 is 5.97 Å². The number of carboxylic acids is 1. The topological polar surface area (TPSA) is 73.4 Å². The summed E-state index contributed by atoms with van der Waals surface area (Å²) in [5.74, 6) is -0.927. The van der Waals surface area contributed by atoms with Gasteiger partial charge in [-0.3, -0.25) is 14.5 Å². The number of nitrogens with one attached hydrogen (secondary N) is 1. The van der Waals surface area contributed by atoms with Crippen molar-refractivity contribution in [1.82, 2.24) is 9.88 Å². The lowest BCUT2D eigenvalue weighted by atomic mass is 9.97. The number of carboxylic acid groups (broad SMARTS) is 1. The Hall–Kier alpha value is -2.14. The Kier molecular flexibility index (Phi) is 3.98. The van der Waals surface area contributed by atoms with Crippen molar-refractivity contribution >= 4 is 16.9 Å². The summed E-state index contributed by atoms with van der Waals surface area (Å²) in [6.45, 7) is 4.15. The molecule has 3 rings (SSSR count). The number of aryl methyl sites for hydroxylation is 1. The second kappa shape index (κ2) is 5.93. The predicted molar refractivity (Wildman–Crippen MR) is 84.9 cm³/mol. The van der Waals surface area contributed by atoms with Gasteiger partial charge in [0.25, 0.3) is 0 Å². The predicted octanol–water partition coefficient (Wildman–Crippen LogP) is 2.13. The lowest BCUT2D eigenvalue weighted by Crippen LogP contribution is -2.36. The van der Waals surface area contributed by atoms with E-state index in [1.807, 2.05) is 25.1 Å². The highest BCUT2D eigenvalue weighted by Crippen LogP contribution is 2.19. The number of hydrogen-bond acceptors (Lipinski definition) is 3. The van der Waals surface area contributed by atoms with Crippen molar-refractivity contribution in [3.05, 3.63) is 45.7 Å². The molecule has 0 spiro atoms. The van der Waals surface area contributed by atoms with Gasteiger partial charge in [0.2, 0.25) is 0 Å². The quantitative estimate of drug-likeness (QED) is 0.911. The first-order valence-electron chi connectivity index (χ1n) is 7.61. The van der Waals surface area contributed by atoms with Crippen LogP contribution in [0, 0.1) is 12.8 Å². The Balaban J connectivity index is 1.79. The van der Waals surface area contributed by atoms with Gasteiger partial charge in [-0.2, -0.15) is 0 Å². The summed E-state index contributed by atoms with van der Waals surface area (Å²) in [4.78, 5) is 28.8. The lowest BCUT2D eigenvalue weighted by molar-refractivity contribution is -0.143. The average molecular weight is 300 g/mol. The number of likely N-dealkylation sites (tertiary alicyclic amines) is 1. The second-order valence-corrected chi connectivity index (χ2v) is 6.04. The highest BCUT2D eigenvalue weighted by molar-refractivity contribution is 5.81. The zero-order chi connectivity index (χ0) is 15.7. The number of pyridine rings is 1. The van der Waals surface area contributed by atoms with Gasteiger partial charge in [-0.05, 0) is 44.5 Å². The van der Waals surface area contributed by atoms with Gasteiger partial charge in [0.15, 0.2) is 5.43 Å². The SMILES string of the molecule is Cc1cccc2c(=O)cc(CN3CCC(C(=O)O)CC3)[nH]c12. The number of aromatic amines is 1. The van der Waals surface area contributed by atoms with Crippen molar-refractivity contribution in [3.8, 4) is 0 Å². The van der Waals surface area contributed by atoms with Crippen LogP contribution < -0.4 is 5.43 Å². The van der Waals surface area contributed by atoms with Crippen LogP contribution in [0.25, 0.3) is 10.9 Å². The van der Waals surface area contributed by atoms with Crippen molar-refractivity contribution in [3.63, 3.8) is 0 Å². The summed E-state index contributed by atoms with van der Waals surface area (Å²) in [6.07, 6.45) is 1.35. The number of rotatable bonds is 3. The maximum absolute atomic E-state index is 12.2.